The Morgan fingerprint density at radius 3 is 2.07 bits per heavy atom. The maximum Gasteiger partial charge on any atom is 0.416 e. The van der Waals surface area contributed by atoms with Crippen LogP contribution >= 0.6 is 11.6 Å². The molecule has 0 heterocycles. The van der Waals surface area contributed by atoms with Gasteiger partial charge in [-0.1, -0.05) is 11.6 Å². The largest absolute Gasteiger partial charge is 0.423 e. The smallest absolute Gasteiger partial charge is 0.416 e. The molecule has 7 heteroatoms. The monoisotopic (exact) mass is 403 g/mol. The van der Waals surface area contributed by atoms with E-state index in [0.717, 1.165) is 35.5 Å². The summed E-state index contributed by atoms with van der Waals surface area (Å²) in [6.45, 7) is 0. The molecule has 0 N–H and O–H groups in total. The second-order valence-corrected chi connectivity index (χ2v) is 6.20. The number of ether oxygens (including phenoxy) is 1. The van der Waals surface area contributed by atoms with Crippen molar-refractivity contribution in [3.63, 3.8) is 0 Å². The summed E-state index contributed by atoms with van der Waals surface area (Å²) >= 11 is 5.82. The Hall–Kier alpha value is -3.12. The van der Waals surface area contributed by atoms with E-state index in [1.807, 2.05) is 0 Å². The summed E-state index contributed by atoms with van der Waals surface area (Å²) < 4.78 is 42.9. The van der Waals surface area contributed by atoms with Gasteiger partial charge in [0.2, 0.25) is 0 Å². The molecular formula is C21H13ClF3NO2. The van der Waals surface area contributed by atoms with Crippen molar-refractivity contribution in [1.29, 1.82) is 0 Å². The topological polar surface area (TPSA) is 38.7 Å². The Balaban J connectivity index is 1.63. The van der Waals surface area contributed by atoms with E-state index in [2.05, 4.69) is 4.99 Å². The van der Waals surface area contributed by atoms with Crippen LogP contribution in [0.25, 0.3) is 0 Å². The summed E-state index contributed by atoms with van der Waals surface area (Å²) in [5, 5.41) is 0.623. The number of rotatable bonds is 4. The van der Waals surface area contributed by atoms with E-state index in [-0.39, 0.29) is 11.3 Å². The van der Waals surface area contributed by atoms with Gasteiger partial charge in [0.25, 0.3) is 0 Å². The van der Waals surface area contributed by atoms with Crippen molar-refractivity contribution in [2.45, 2.75) is 6.18 Å². The summed E-state index contributed by atoms with van der Waals surface area (Å²) in [7, 11) is 0. The van der Waals surface area contributed by atoms with Crippen LogP contribution in [0.3, 0.4) is 0 Å². The first-order chi connectivity index (χ1) is 13.3. The zero-order chi connectivity index (χ0) is 20.1. The maximum absolute atomic E-state index is 12.6. The summed E-state index contributed by atoms with van der Waals surface area (Å²) in [4.78, 5) is 16.4. The average Bonchev–Trinajstić information content (AvgIpc) is 2.68. The molecule has 0 unspecified atom stereocenters. The predicted molar refractivity (Wildman–Crippen MR) is 102 cm³/mol. The van der Waals surface area contributed by atoms with Gasteiger partial charge in [0.15, 0.2) is 0 Å². The third-order valence-electron chi connectivity index (χ3n) is 3.73. The van der Waals surface area contributed by atoms with E-state index < -0.39 is 17.7 Å². The van der Waals surface area contributed by atoms with Crippen molar-refractivity contribution in [3.8, 4) is 5.75 Å². The molecule has 3 nitrogen and oxygen atoms in total. The molecule has 0 atom stereocenters. The highest BCUT2D eigenvalue weighted by molar-refractivity contribution is 6.30. The number of nitrogens with zero attached hydrogens (tertiary/aromatic N) is 1. The first kappa shape index (κ1) is 19.6. The van der Waals surface area contributed by atoms with Gasteiger partial charge in [-0.2, -0.15) is 13.2 Å². The van der Waals surface area contributed by atoms with E-state index in [1.165, 1.54) is 0 Å². The van der Waals surface area contributed by atoms with Crippen LogP contribution in [0, 0.1) is 0 Å². The van der Waals surface area contributed by atoms with Crippen LogP contribution in [0.5, 0.6) is 5.75 Å². The van der Waals surface area contributed by atoms with Gasteiger partial charge in [0, 0.05) is 11.2 Å². The van der Waals surface area contributed by atoms with Crippen LogP contribution in [0.4, 0.5) is 18.9 Å². The molecule has 0 fully saturated rings. The average molecular weight is 404 g/mol. The molecule has 3 aromatic carbocycles. The number of hydrogen-bond acceptors (Lipinski definition) is 3. The van der Waals surface area contributed by atoms with Gasteiger partial charge in [-0.3, -0.25) is 4.99 Å². The molecule has 0 aliphatic rings. The zero-order valence-electron chi connectivity index (χ0n) is 14.3. The fourth-order valence-electron chi connectivity index (χ4n) is 2.26. The highest BCUT2D eigenvalue weighted by atomic mass is 35.5. The molecule has 0 radical (unpaired) electrons. The number of benzene rings is 3. The first-order valence-corrected chi connectivity index (χ1v) is 8.48. The third-order valence-corrected chi connectivity index (χ3v) is 3.98. The molecule has 3 aromatic rings. The number of aliphatic imine (C=N–C) groups is 1. The fourth-order valence-corrected chi connectivity index (χ4v) is 2.39. The SMILES string of the molecule is O=C(Oc1ccc(C=Nc2ccc(Cl)cc2)cc1)c1ccc(C(F)(F)F)cc1. The quantitative estimate of drug-likeness (QED) is 0.290. The van der Waals surface area contributed by atoms with Crippen molar-refractivity contribution in [2.24, 2.45) is 4.99 Å². The van der Waals surface area contributed by atoms with Gasteiger partial charge in [-0.15, -0.1) is 0 Å². The Kier molecular flexibility index (Phi) is 5.80. The molecule has 0 amide bonds. The minimum Gasteiger partial charge on any atom is -0.423 e. The van der Waals surface area contributed by atoms with Crippen LogP contribution in [0.15, 0.2) is 77.8 Å². The van der Waals surface area contributed by atoms with Gasteiger partial charge in [0.1, 0.15) is 5.75 Å². The molecule has 28 heavy (non-hydrogen) atoms. The molecule has 0 saturated carbocycles. The summed E-state index contributed by atoms with van der Waals surface area (Å²) in [5.41, 5.74) is 0.723. The molecule has 0 spiro atoms. The van der Waals surface area contributed by atoms with E-state index in [4.69, 9.17) is 16.3 Å². The fraction of sp³-hybridized carbons (Fsp3) is 0.0476. The molecule has 0 aliphatic heterocycles. The van der Waals surface area contributed by atoms with E-state index in [0.29, 0.717) is 5.02 Å². The van der Waals surface area contributed by atoms with Crippen molar-refractivity contribution in [3.05, 3.63) is 94.5 Å². The van der Waals surface area contributed by atoms with E-state index >= 15 is 0 Å². The summed E-state index contributed by atoms with van der Waals surface area (Å²) in [6, 6.07) is 17.4. The van der Waals surface area contributed by atoms with E-state index in [1.54, 1.807) is 54.7 Å². The lowest BCUT2D eigenvalue weighted by Gasteiger charge is -2.08. The van der Waals surface area contributed by atoms with Crippen molar-refractivity contribution in [1.82, 2.24) is 0 Å². The lowest BCUT2D eigenvalue weighted by molar-refractivity contribution is -0.137. The molecule has 0 bridgehead atoms. The molecule has 0 aliphatic carbocycles. The van der Waals surface area contributed by atoms with Gasteiger partial charge in [-0.05, 0) is 78.4 Å². The number of halogens is 4. The Morgan fingerprint density at radius 1 is 0.893 bits per heavy atom. The number of hydrogen-bond donors (Lipinski definition) is 0. The number of carbonyl (C=O) groups excluding carboxylic acids is 1. The first-order valence-electron chi connectivity index (χ1n) is 8.10. The Morgan fingerprint density at radius 2 is 1.50 bits per heavy atom. The molecule has 3 rings (SSSR count). The summed E-state index contributed by atoms with van der Waals surface area (Å²) in [6.07, 6.45) is -2.81. The Bertz CT molecular complexity index is 980. The van der Waals surface area contributed by atoms with Crippen LogP contribution < -0.4 is 4.74 Å². The Labute approximate surface area is 164 Å². The molecular weight excluding hydrogens is 391 g/mol. The highest BCUT2D eigenvalue weighted by Crippen LogP contribution is 2.29. The maximum atomic E-state index is 12.6. The minimum absolute atomic E-state index is 0.0291. The third kappa shape index (κ3) is 5.20. The summed E-state index contributed by atoms with van der Waals surface area (Å²) in [5.74, 6) is -0.468. The van der Waals surface area contributed by atoms with Gasteiger partial charge >= 0.3 is 12.1 Å². The standard InChI is InChI=1S/C21H13ClF3NO2/c22-17-7-9-18(10-8-17)26-13-14-1-11-19(12-2-14)28-20(27)15-3-5-16(6-4-15)21(23,24)25/h1-13H. The lowest BCUT2D eigenvalue weighted by atomic mass is 10.1. The van der Waals surface area contributed by atoms with Crippen LogP contribution in [0.1, 0.15) is 21.5 Å². The van der Waals surface area contributed by atoms with Crippen LogP contribution in [0.2, 0.25) is 5.02 Å². The van der Waals surface area contributed by atoms with E-state index in [9.17, 15) is 18.0 Å². The highest BCUT2D eigenvalue weighted by Gasteiger charge is 2.30. The molecule has 0 aromatic heterocycles. The normalized spacial score (nSPS) is 11.6. The lowest BCUT2D eigenvalue weighted by Crippen LogP contribution is -2.10. The molecule has 0 saturated heterocycles. The van der Waals surface area contributed by atoms with Crippen molar-refractivity contribution >= 4 is 29.5 Å². The second-order valence-electron chi connectivity index (χ2n) is 5.77. The second kappa shape index (κ2) is 8.27. The number of alkyl halides is 3. The molecule has 142 valence electrons. The van der Waals surface area contributed by atoms with Crippen LogP contribution in [-0.4, -0.2) is 12.2 Å². The van der Waals surface area contributed by atoms with Gasteiger partial charge < -0.3 is 4.74 Å². The van der Waals surface area contributed by atoms with Gasteiger partial charge in [-0.25, -0.2) is 4.79 Å². The van der Waals surface area contributed by atoms with Gasteiger partial charge in [0.05, 0.1) is 16.8 Å². The van der Waals surface area contributed by atoms with Crippen molar-refractivity contribution in [2.75, 3.05) is 0 Å². The number of carbonyl (C=O) groups is 1. The van der Waals surface area contributed by atoms with Crippen LogP contribution in [-0.2, 0) is 6.18 Å². The number of esters is 1. The predicted octanol–water partition coefficient (Wildman–Crippen LogP) is 6.33. The van der Waals surface area contributed by atoms with Crippen molar-refractivity contribution < 1.29 is 22.7 Å². The zero-order valence-corrected chi connectivity index (χ0v) is 15.0. The minimum atomic E-state index is -4.45.